The summed E-state index contributed by atoms with van der Waals surface area (Å²) >= 11 is 0. The number of carbonyl (C=O) groups is 2. The van der Waals surface area contributed by atoms with Gasteiger partial charge in [0.05, 0.1) is 4.92 Å². The van der Waals surface area contributed by atoms with Gasteiger partial charge in [0.15, 0.2) is 0 Å². The molecule has 0 radical (unpaired) electrons. The van der Waals surface area contributed by atoms with Crippen LogP contribution in [0.5, 0.6) is 0 Å². The Hall–Kier alpha value is -2.44. The molecule has 18 heavy (non-hydrogen) atoms. The van der Waals surface area contributed by atoms with Crippen LogP contribution in [0.1, 0.15) is 12.0 Å². The van der Waals surface area contributed by atoms with Gasteiger partial charge in [-0.1, -0.05) is 12.1 Å². The zero-order valence-corrected chi connectivity index (χ0v) is 9.46. The lowest BCUT2D eigenvalue weighted by molar-refractivity contribution is -0.384. The van der Waals surface area contributed by atoms with Crippen molar-refractivity contribution in [2.45, 2.75) is 12.8 Å². The summed E-state index contributed by atoms with van der Waals surface area (Å²) in [5, 5.41) is 21.1. The Balaban J connectivity index is 2.48. The molecule has 0 unspecified atom stereocenters. The summed E-state index contributed by atoms with van der Waals surface area (Å²) in [6.45, 7) is -0.423. The Kier molecular flexibility index (Phi) is 4.79. The van der Waals surface area contributed by atoms with Gasteiger partial charge in [-0.15, -0.1) is 0 Å². The molecule has 96 valence electrons. The molecule has 0 saturated carbocycles. The van der Waals surface area contributed by atoms with Crippen molar-refractivity contribution >= 4 is 17.6 Å². The second-order valence-corrected chi connectivity index (χ2v) is 3.60. The van der Waals surface area contributed by atoms with Crippen molar-refractivity contribution in [3.63, 3.8) is 0 Å². The lowest BCUT2D eigenvalue weighted by Gasteiger charge is -2.02. The van der Waals surface area contributed by atoms with Crippen LogP contribution >= 0.6 is 0 Å². The van der Waals surface area contributed by atoms with E-state index >= 15 is 0 Å². The maximum atomic E-state index is 11.2. The minimum atomic E-state index is -1.11. The van der Waals surface area contributed by atoms with Gasteiger partial charge in [-0.25, -0.2) is 0 Å². The van der Waals surface area contributed by atoms with E-state index in [1.54, 1.807) is 12.1 Å². The van der Waals surface area contributed by atoms with Gasteiger partial charge in [-0.05, 0) is 12.0 Å². The maximum Gasteiger partial charge on any atom is 0.322 e. The van der Waals surface area contributed by atoms with Gasteiger partial charge in [-0.3, -0.25) is 19.7 Å². The molecule has 0 bridgehead atoms. The van der Waals surface area contributed by atoms with Gasteiger partial charge in [0.2, 0.25) is 5.91 Å². The van der Waals surface area contributed by atoms with E-state index in [1.807, 2.05) is 0 Å². The first kappa shape index (κ1) is 13.6. The molecular formula is C11H12N2O5. The molecule has 7 nitrogen and oxygen atoms in total. The highest BCUT2D eigenvalue weighted by Crippen LogP contribution is 2.14. The van der Waals surface area contributed by atoms with Crippen LogP contribution in [-0.4, -0.2) is 28.5 Å². The molecule has 1 aromatic rings. The molecule has 1 amide bonds. The number of nitrogens with one attached hydrogen (secondary N) is 1. The number of nitro benzene ring substituents is 1. The SMILES string of the molecule is O=C(O)CNC(=O)CCc1cccc([N+](=O)[O-])c1. The average molecular weight is 252 g/mol. The van der Waals surface area contributed by atoms with Crippen LogP contribution in [0, 0.1) is 10.1 Å². The fourth-order valence-electron chi connectivity index (χ4n) is 1.35. The summed E-state index contributed by atoms with van der Waals surface area (Å²) in [5.74, 6) is -1.51. The number of amides is 1. The summed E-state index contributed by atoms with van der Waals surface area (Å²) in [6, 6.07) is 5.98. The van der Waals surface area contributed by atoms with E-state index < -0.39 is 23.3 Å². The number of carboxylic acids is 1. The molecule has 0 aliphatic carbocycles. The number of hydrogen-bond donors (Lipinski definition) is 2. The normalized spacial score (nSPS) is 9.78. The predicted octanol–water partition coefficient (Wildman–Crippen LogP) is 0.728. The first-order valence-electron chi connectivity index (χ1n) is 5.21. The number of hydrogen-bond acceptors (Lipinski definition) is 4. The van der Waals surface area contributed by atoms with E-state index in [0.717, 1.165) is 0 Å². The van der Waals surface area contributed by atoms with Gasteiger partial charge in [0.1, 0.15) is 6.54 Å². The molecular weight excluding hydrogens is 240 g/mol. The van der Waals surface area contributed by atoms with Crippen molar-refractivity contribution in [3.05, 3.63) is 39.9 Å². The highest BCUT2D eigenvalue weighted by atomic mass is 16.6. The highest BCUT2D eigenvalue weighted by molar-refractivity contribution is 5.81. The fourth-order valence-corrected chi connectivity index (χ4v) is 1.35. The van der Waals surface area contributed by atoms with Crippen molar-refractivity contribution in [1.82, 2.24) is 5.32 Å². The summed E-state index contributed by atoms with van der Waals surface area (Å²) < 4.78 is 0. The number of aryl methyl sites for hydroxylation is 1. The predicted molar refractivity (Wildman–Crippen MR) is 62.1 cm³/mol. The Labute approximate surface area is 103 Å². The molecule has 0 fully saturated rings. The lowest BCUT2D eigenvalue weighted by atomic mass is 10.1. The first-order chi connectivity index (χ1) is 8.49. The summed E-state index contributed by atoms with van der Waals surface area (Å²) in [7, 11) is 0. The van der Waals surface area contributed by atoms with E-state index in [9.17, 15) is 19.7 Å². The highest BCUT2D eigenvalue weighted by Gasteiger charge is 2.08. The van der Waals surface area contributed by atoms with Crippen LogP contribution in [-0.2, 0) is 16.0 Å². The van der Waals surface area contributed by atoms with E-state index in [0.29, 0.717) is 12.0 Å². The van der Waals surface area contributed by atoms with Crippen molar-refractivity contribution in [3.8, 4) is 0 Å². The Morgan fingerprint density at radius 3 is 2.72 bits per heavy atom. The smallest absolute Gasteiger partial charge is 0.322 e. The summed E-state index contributed by atoms with van der Waals surface area (Å²) in [5.41, 5.74) is 0.633. The standard InChI is InChI=1S/C11H12N2O5/c14-10(12-7-11(15)16)5-4-8-2-1-3-9(6-8)13(17)18/h1-3,6H,4-5,7H2,(H,12,14)(H,15,16). The number of nitrogens with zero attached hydrogens (tertiary/aromatic N) is 1. The van der Waals surface area contributed by atoms with Crippen LogP contribution in [0.25, 0.3) is 0 Å². The van der Waals surface area contributed by atoms with Gasteiger partial charge < -0.3 is 10.4 Å². The minimum Gasteiger partial charge on any atom is -0.480 e. The second-order valence-electron chi connectivity index (χ2n) is 3.60. The molecule has 0 heterocycles. The number of benzene rings is 1. The van der Waals surface area contributed by atoms with Crippen LogP contribution in [0.3, 0.4) is 0 Å². The average Bonchev–Trinajstić information content (AvgIpc) is 2.34. The number of carbonyl (C=O) groups excluding carboxylic acids is 1. The Bertz CT molecular complexity index is 472. The summed E-state index contributed by atoms with van der Waals surface area (Å²) in [6.07, 6.45) is 0.418. The van der Waals surface area contributed by atoms with Gasteiger partial charge in [-0.2, -0.15) is 0 Å². The maximum absolute atomic E-state index is 11.2. The minimum absolute atomic E-state index is 0.0292. The number of nitro groups is 1. The summed E-state index contributed by atoms with van der Waals surface area (Å²) in [4.78, 5) is 31.5. The molecule has 0 spiro atoms. The second kappa shape index (κ2) is 6.33. The Morgan fingerprint density at radius 2 is 2.11 bits per heavy atom. The lowest BCUT2D eigenvalue weighted by Crippen LogP contribution is -2.29. The largest absolute Gasteiger partial charge is 0.480 e. The van der Waals surface area contributed by atoms with Gasteiger partial charge >= 0.3 is 5.97 Å². The monoisotopic (exact) mass is 252 g/mol. The molecule has 0 saturated heterocycles. The topological polar surface area (TPSA) is 110 Å². The molecule has 2 N–H and O–H groups in total. The van der Waals surface area contributed by atoms with E-state index in [2.05, 4.69) is 5.32 Å². The van der Waals surface area contributed by atoms with Crippen LogP contribution in [0.15, 0.2) is 24.3 Å². The number of carboxylic acid groups (broad SMARTS) is 1. The first-order valence-corrected chi connectivity index (χ1v) is 5.21. The van der Waals surface area contributed by atoms with Crippen LogP contribution in [0.4, 0.5) is 5.69 Å². The Morgan fingerprint density at radius 1 is 1.39 bits per heavy atom. The van der Waals surface area contributed by atoms with Crippen molar-refractivity contribution < 1.29 is 19.6 Å². The third-order valence-corrected chi connectivity index (χ3v) is 2.20. The zero-order chi connectivity index (χ0) is 13.5. The van der Waals surface area contributed by atoms with Crippen molar-refractivity contribution in [2.75, 3.05) is 6.54 Å². The molecule has 0 aliphatic heterocycles. The van der Waals surface area contributed by atoms with Crippen molar-refractivity contribution in [1.29, 1.82) is 0 Å². The third kappa shape index (κ3) is 4.60. The number of rotatable bonds is 6. The molecule has 0 atom stereocenters. The molecule has 7 heteroatoms. The molecule has 1 rings (SSSR count). The van der Waals surface area contributed by atoms with Crippen LogP contribution in [0.2, 0.25) is 0 Å². The van der Waals surface area contributed by atoms with E-state index in [-0.39, 0.29) is 12.1 Å². The van der Waals surface area contributed by atoms with Gasteiger partial charge in [0, 0.05) is 18.6 Å². The molecule has 1 aromatic carbocycles. The third-order valence-electron chi connectivity index (χ3n) is 2.20. The molecule has 0 aromatic heterocycles. The van der Waals surface area contributed by atoms with E-state index in [1.165, 1.54) is 12.1 Å². The number of non-ortho nitro benzene ring substituents is 1. The fraction of sp³-hybridized carbons (Fsp3) is 0.273. The quantitative estimate of drug-likeness (QED) is 0.572. The number of aliphatic carboxylic acids is 1. The van der Waals surface area contributed by atoms with Crippen LogP contribution < -0.4 is 5.32 Å². The molecule has 0 aliphatic rings. The zero-order valence-electron chi connectivity index (χ0n) is 9.46. The van der Waals surface area contributed by atoms with Gasteiger partial charge in [0.25, 0.3) is 5.69 Å². The van der Waals surface area contributed by atoms with E-state index in [4.69, 9.17) is 5.11 Å². The van der Waals surface area contributed by atoms with Crippen molar-refractivity contribution in [2.24, 2.45) is 0 Å².